The minimum Gasteiger partial charge on any atom is -0.379 e. The molecular formula is C11H18N2OS. The Bertz CT molecular complexity index is 313. The van der Waals surface area contributed by atoms with Crippen LogP contribution in [0.15, 0.2) is 5.38 Å². The summed E-state index contributed by atoms with van der Waals surface area (Å²) in [6, 6.07) is 0.519. The number of hydrogen-bond donors (Lipinski definition) is 0. The molecule has 0 amide bonds. The number of aromatic nitrogens is 1. The normalized spacial score (nSPS) is 23.2. The second-order valence-corrected chi connectivity index (χ2v) is 4.92. The van der Waals surface area contributed by atoms with Gasteiger partial charge in [0, 0.05) is 24.5 Å². The molecule has 0 aliphatic carbocycles. The maximum Gasteiger partial charge on any atom is 0.0926 e. The zero-order chi connectivity index (χ0) is 10.7. The van der Waals surface area contributed by atoms with Crippen LogP contribution >= 0.6 is 11.3 Å². The second kappa shape index (κ2) is 5.05. The lowest BCUT2D eigenvalue weighted by Crippen LogP contribution is -2.42. The van der Waals surface area contributed by atoms with Crippen molar-refractivity contribution in [1.29, 1.82) is 0 Å². The Kier molecular flexibility index (Phi) is 3.72. The minimum atomic E-state index is 0.519. The highest BCUT2D eigenvalue weighted by Gasteiger charge is 2.19. The molecule has 0 saturated carbocycles. The van der Waals surface area contributed by atoms with Crippen molar-refractivity contribution < 1.29 is 4.74 Å². The summed E-state index contributed by atoms with van der Waals surface area (Å²) in [6.45, 7) is 8.08. The third-order valence-electron chi connectivity index (χ3n) is 2.77. The summed E-state index contributed by atoms with van der Waals surface area (Å²) < 4.78 is 5.42. The molecular weight excluding hydrogens is 208 g/mol. The Balaban J connectivity index is 1.95. The van der Waals surface area contributed by atoms with Crippen LogP contribution in [-0.4, -0.2) is 35.7 Å². The van der Waals surface area contributed by atoms with E-state index in [1.165, 1.54) is 10.7 Å². The smallest absolute Gasteiger partial charge is 0.0926 e. The van der Waals surface area contributed by atoms with E-state index in [4.69, 9.17) is 4.74 Å². The zero-order valence-corrected chi connectivity index (χ0v) is 10.2. The van der Waals surface area contributed by atoms with Crippen molar-refractivity contribution in [2.75, 3.05) is 19.8 Å². The molecule has 0 spiro atoms. The lowest BCUT2D eigenvalue weighted by Gasteiger charge is -2.32. The van der Waals surface area contributed by atoms with E-state index in [1.807, 2.05) is 0 Å². The Labute approximate surface area is 95.1 Å². The molecule has 1 fully saturated rings. The van der Waals surface area contributed by atoms with E-state index in [0.29, 0.717) is 6.04 Å². The predicted octanol–water partition coefficient (Wildman–Crippen LogP) is 1.93. The standard InChI is InChI=1S/C11H18N2OS/c1-3-11-12-10(8-15-11)6-13-4-5-14-7-9(13)2/h8-9H,3-7H2,1-2H3/t9-/m0/s1. The average Bonchev–Trinajstić information content (AvgIpc) is 2.69. The quantitative estimate of drug-likeness (QED) is 0.787. The number of nitrogens with zero attached hydrogens (tertiary/aromatic N) is 2. The van der Waals surface area contributed by atoms with E-state index in [1.54, 1.807) is 11.3 Å². The lowest BCUT2D eigenvalue weighted by atomic mass is 10.2. The van der Waals surface area contributed by atoms with E-state index in [9.17, 15) is 0 Å². The maximum absolute atomic E-state index is 5.42. The first-order chi connectivity index (χ1) is 7.29. The molecule has 4 heteroatoms. The van der Waals surface area contributed by atoms with Crippen LogP contribution in [0.25, 0.3) is 0 Å². The molecule has 84 valence electrons. The number of thiazole rings is 1. The van der Waals surface area contributed by atoms with Crippen LogP contribution < -0.4 is 0 Å². The van der Waals surface area contributed by atoms with Gasteiger partial charge in [-0.25, -0.2) is 4.98 Å². The van der Waals surface area contributed by atoms with Gasteiger partial charge in [-0.3, -0.25) is 4.90 Å². The molecule has 1 aliphatic rings. The van der Waals surface area contributed by atoms with Gasteiger partial charge < -0.3 is 4.74 Å². The highest BCUT2D eigenvalue weighted by molar-refractivity contribution is 7.09. The monoisotopic (exact) mass is 226 g/mol. The molecule has 1 aliphatic heterocycles. The summed E-state index contributed by atoms with van der Waals surface area (Å²) in [6.07, 6.45) is 1.04. The maximum atomic E-state index is 5.42. The summed E-state index contributed by atoms with van der Waals surface area (Å²) in [5.74, 6) is 0. The largest absolute Gasteiger partial charge is 0.379 e. The van der Waals surface area contributed by atoms with Crippen LogP contribution in [0.5, 0.6) is 0 Å². The summed E-state index contributed by atoms with van der Waals surface area (Å²) in [5, 5.41) is 3.42. The van der Waals surface area contributed by atoms with Gasteiger partial charge in [0.1, 0.15) is 0 Å². The van der Waals surface area contributed by atoms with E-state index < -0.39 is 0 Å². The van der Waals surface area contributed by atoms with Crippen molar-refractivity contribution in [2.45, 2.75) is 32.9 Å². The van der Waals surface area contributed by atoms with E-state index in [0.717, 1.165) is 32.7 Å². The van der Waals surface area contributed by atoms with Crippen molar-refractivity contribution in [3.05, 3.63) is 16.1 Å². The van der Waals surface area contributed by atoms with Gasteiger partial charge in [-0.05, 0) is 13.3 Å². The predicted molar refractivity (Wildman–Crippen MR) is 62.2 cm³/mol. The van der Waals surface area contributed by atoms with E-state index >= 15 is 0 Å². The molecule has 2 heterocycles. The topological polar surface area (TPSA) is 25.4 Å². The Morgan fingerprint density at radius 3 is 3.20 bits per heavy atom. The number of ether oxygens (including phenoxy) is 1. The summed E-state index contributed by atoms with van der Waals surface area (Å²) in [4.78, 5) is 7.04. The molecule has 0 aromatic carbocycles. The fraction of sp³-hybridized carbons (Fsp3) is 0.727. The number of aryl methyl sites for hydroxylation is 1. The van der Waals surface area contributed by atoms with Gasteiger partial charge in [0.15, 0.2) is 0 Å². The van der Waals surface area contributed by atoms with Gasteiger partial charge in [-0.2, -0.15) is 0 Å². The SMILES string of the molecule is CCc1nc(CN2CCOC[C@@H]2C)cs1. The second-order valence-electron chi connectivity index (χ2n) is 3.98. The fourth-order valence-electron chi connectivity index (χ4n) is 1.79. The first-order valence-corrected chi connectivity index (χ1v) is 6.42. The van der Waals surface area contributed by atoms with Crippen molar-refractivity contribution >= 4 is 11.3 Å². The molecule has 1 aromatic rings. The van der Waals surface area contributed by atoms with Crippen LogP contribution in [-0.2, 0) is 17.7 Å². The number of hydrogen-bond acceptors (Lipinski definition) is 4. The van der Waals surface area contributed by atoms with Crippen LogP contribution in [0.1, 0.15) is 24.5 Å². The van der Waals surface area contributed by atoms with Gasteiger partial charge in [0.25, 0.3) is 0 Å². The Morgan fingerprint density at radius 1 is 1.67 bits per heavy atom. The summed E-state index contributed by atoms with van der Waals surface area (Å²) in [5.41, 5.74) is 1.21. The van der Waals surface area contributed by atoms with Gasteiger partial charge in [-0.1, -0.05) is 6.92 Å². The lowest BCUT2D eigenvalue weighted by molar-refractivity contribution is -0.00484. The highest BCUT2D eigenvalue weighted by atomic mass is 32.1. The Morgan fingerprint density at radius 2 is 2.53 bits per heavy atom. The molecule has 1 atom stereocenters. The molecule has 1 saturated heterocycles. The third-order valence-corrected chi connectivity index (χ3v) is 3.81. The van der Waals surface area contributed by atoms with Crippen LogP contribution in [0, 0.1) is 0 Å². The van der Waals surface area contributed by atoms with Gasteiger partial charge in [0.2, 0.25) is 0 Å². The molecule has 1 aromatic heterocycles. The number of morpholine rings is 1. The molecule has 0 bridgehead atoms. The van der Waals surface area contributed by atoms with Gasteiger partial charge >= 0.3 is 0 Å². The fourth-order valence-corrected chi connectivity index (χ4v) is 2.52. The average molecular weight is 226 g/mol. The minimum absolute atomic E-state index is 0.519. The molecule has 0 N–H and O–H groups in total. The van der Waals surface area contributed by atoms with Crippen LogP contribution in [0.4, 0.5) is 0 Å². The van der Waals surface area contributed by atoms with Crippen LogP contribution in [0.3, 0.4) is 0 Å². The van der Waals surface area contributed by atoms with Crippen molar-refractivity contribution in [1.82, 2.24) is 9.88 Å². The van der Waals surface area contributed by atoms with Crippen molar-refractivity contribution in [3.63, 3.8) is 0 Å². The van der Waals surface area contributed by atoms with Gasteiger partial charge in [-0.15, -0.1) is 11.3 Å². The molecule has 15 heavy (non-hydrogen) atoms. The summed E-state index contributed by atoms with van der Waals surface area (Å²) in [7, 11) is 0. The zero-order valence-electron chi connectivity index (χ0n) is 9.40. The van der Waals surface area contributed by atoms with E-state index in [-0.39, 0.29) is 0 Å². The Hall–Kier alpha value is -0.450. The summed E-state index contributed by atoms with van der Waals surface area (Å²) >= 11 is 1.77. The van der Waals surface area contributed by atoms with Crippen LogP contribution in [0.2, 0.25) is 0 Å². The van der Waals surface area contributed by atoms with Gasteiger partial charge in [0.05, 0.1) is 23.9 Å². The molecule has 3 nitrogen and oxygen atoms in total. The first-order valence-electron chi connectivity index (χ1n) is 5.54. The molecule has 0 unspecified atom stereocenters. The van der Waals surface area contributed by atoms with Crippen molar-refractivity contribution in [3.8, 4) is 0 Å². The van der Waals surface area contributed by atoms with E-state index in [2.05, 4.69) is 29.1 Å². The highest BCUT2D eigenvalue weighted by Crippen LogP contribution is 2.15. The molecule has 0 radical (unpaired) electrons. The first kappa shape index (κ1) is 11.0. The number of rotatable bonds is 3. The third kappa shape index (κ3) is 2.77. The molecule has 2 rings (SSSR count). The van der Waals surface area contributed by atoms with Crippen molar-refractivity contribution in [2.24, 2.45) is 0 Å².